The molecule has 0 N–H and O–H groups in total. The summed E-state index contributed by atoms with van der Waals surface area (Å²) in [6.45, 7) is 4.63. The summed E-state index contributed by atoms with van der Waals surface area (Å²) in [5.74, 6) is 0.668. The molecule has 1 fully saturated rings. The van der Waals surface area contributed by atoms with Gasteiger partial charge in [-0.15, -0.1) is 0 Å². The van der Waals surface area contributed by atoms with E-state index in [-0.39, 0.29) is 11.7 Å². The third kappa shape index (κ3) is 3.98. The quantitative estimate of drug-likeness (QED) is 0.806. The summed E-state index contributed by atoms with van der Waals surface area (Å²) in [5.41, 5.74) is 3.62. The Labute approximate surface area is 165 Å². The molecule has 1 aliphatic carbocycles. The highest BCUT2D eigenvalue weighted by Crippen LogP contribution is 2.30. The number of hydrogen-bond donors (Lipinski definition) is 0. The number of benzene rings is 2. The number of carbonyl (C=O) groups is 1. The maximum Gasteiger partial charge on any atom is 0.263 e. The van der Waals surface area contributed by atoms with Crippen molar-refractivity contribution in [3.05, 3.63) is 59.4 Å². The Balaban J connectivity index is 1.36. The van der Waals surface area contributed by atoms with Crippen LogP contribution in [-0.4, -0.2) is 43.1 Å². The number of anilines is 1. The van der Waals surface area contributed by atoms with Gasteiger partial charge in [-0.2, -0.15) is 0 Å². The molecule has 1 heterocycles. The molecule has 1 atom stereocenters. The lowest BCUT2D eigenvalue weighted by Crippen LogP contribution is -2.52. The molecule has 1 saturated heterocycles. The zero-order valence-electron chi connectivity index (χ0n) is 16.4. The highest BCUT2D eigenvalue weighted by atomic mass is 19.1. The monoisotopic (exact) mass is 382 g/mol. The summed E-state index contributed by atoms with van der Waals surface area (Å²) < 4.78 is 19.2. The maximum absolute atomic E-state index is 13.1. The van der Waals surface area contributed by atoms with Gasteiger partial charge >= 0.3 is 0 Å². The number of hydrogen-bond acceptors (Lipinski definition) is 3. The van der Waals surface area contributed by atoms with E-state index in [0.717, 1.165) is 37.4 Å². The minimum Gasteiger partial charge on any atom is -0.481 e. The third-order valence-electron chi connectivity index (χ3n) is 5.79. The Hall–Kier alpha value is -2.56. The number of ether oxygens (including phenoxy) is 1. The Morgan fingerprint density at radius 1 is 1.00 bits per heavy atom. The lowest BCUT2D eigenvalue weighted by Gasteiger charge is -2.37. The van der Waals surface area contributed by atoms with E-state index in [0.29, 0.717) is 13.1 Å². The van der Waals surface area contributed by atoms with E-state index in [1.165, 1.54) is 36.1 Å². The number of piperazine rings is 1. The molecular weight excluding hydrogens is 355 g/mol. The average molecular weight is 382 g/mol. The molecule has 2 aliphatic rings. The topological polar surface area (TPSA) is 32.8 Å². The minimum atomic E-state index is -0.495. The van der Waals surface area contributed by atoms with Gasteiger partial charge in [-0.25, -0.2) is 4.39 Å². The van der Waals surface area contributed by atoms with Crippen molar-refractivity contribution in [2.24, 2.45) is 0 Å². The van der Waals surface area contributed by atoms with Crippen LogP contribution in [0.1, 0.15) is 30.9 Å². The van der Waals surface area contributed by atoms with Crippen LogP contribution in [0.3, 0.4) is 0 Å². The second-order valence-corrected chi connectivity index (χ2v) is 7.65. The van der Waals surface area contributed by atoms with Gasteiger partial charge < -0.3 is 14.5 Å². The van der Waals surface area contributed by atoms with Crippen LogP contribution < -0.4 is 9.64 Å². The first-order chi connectivity index (χ1) is 13.6. The number of nitrogens with zero attached hydrogens (tertiary/aromatic N) is 2. The van der Waals surface area contributed by atoms with E-state index < -0.39 is 6.10 Å². The Morgan fingerprint density at radius 3 is 2.46 bits per heavy atom. The fourth-order valence-corrected chi connectivity index (χ4v) is 4.19. The molecule has 2 aromatic carbocycles. The Kier molecular flexibility index (Phi) is 5.51. The number of carbonyl (C=O) groups excluding carboxylic acids is 1. The molecule has 148 valence electrons. The summed E-state index contributed by atoms with van der Waals surface area (Å²) in [5, 5.41) is 0. The largest absolute Gasteiger partial charge is 0.481 e. The standard InChI is InChI=1S/C23H27FN2O2/c1-17(28-22-8-4-6-18-5-2-3-7-21(18)22)23(27)26-15-13-25(14-16-26)20-11-9-19(24)10-12-20/h4,6,8-12,17H,2-3,5,7,13-16H2,1H3/t17-/m1/s1. The minimum absolute atomic E-state index is 0.0344. The van der Waals surface area contributed by atoms with Crippen LogP contribution >= 0.6 is 0 Å². The molecular formula is C23H27FN2O2. The summed E-state index contributed by atoms with van der Waals surface area (Å²) in [7, 11) is 0. The molecule has 1 amide bonds. The molecule has 4 rings (SSSR count). The van der Waals surface area contributed by atoms with E-state index in [9.17, 15) is 9.18 Å². The molecule has 4 nitrogen and oxygen atoms in total. The van der Waals surface area contributed by atoms with E-state index in [1.54, 1.807) is 12.1 Å². The molecule has 0 saturated carbocycles. The molecule has 5 heteroatoms. The fourth-order valence-electron chi connectivity index (χ4n) is 4.19. The predicted octanol–water partition coefficient (Wildman–Crippen LogP) is 3.82. The molecule has 2 aromatic rings. The van der Waals surface area contributed by atoms with Crippen LogP contribution in [0.5, 0.6) is 5.75 Å². The van der Waals surface area contributed by atoms with Crippen molar-refractivity contribution in [2.75, 3.05) is 31.1 Å². The second-order valence-electron chi connectivity index (χ2n) is 7.65. The van der Waals surface area contributed by atoms with Gasteiger partial charge in [0.25, 0.3) is 5.91 Å². The molecule has 0 aromatic heterocycles. The van der Waals surface area contributed by atoms with Gasteiger partial charge in [0, 0.05) is 31.9 Å². The summed E-state index contributed by atoms with van der Waals surface area (Å²) in [4.78, 5) is 16.9. The smallest absolute Gasteiger partial charge is 0.263 e. The van der Waals surface area contributed by atoms with Crippen LogP contribution in [0, 0.1) is 5.82 Å². The first kappa shape index (κ1) is 18.8. The lowest BCUT2D eigenvalue weighted by atomic mass is 9.91. The van der Waals surface area contributed by atoms with Gasteiger partial charge in [-0.3, -0.25) is 4.79 Å². The number of halogens is 1. The molecule has 1 aliphatic heterocycles. The van der Waals surface area contributed by atoms with Crippen LogP contribution in [-0.2, 0) is 17.6 Å². The summed E-state index contributed by atoms with van der Waals surface area (Å²) >= 11 is 0. The van der Waals surface area contributed by atoms with Crippen molar-refractivity contribution in [1.29, 1.82) is 0 Å². The summed E-state index contributed by atoms with van der Waals surface area (Å²) in [6.07, 6.45) is 4.04. The maximum atomic E-state index is 13.1. The van der Waals surface area contributed by atoms with Crippen LogP contribution in [0.15, 0.2) is 42.5 Å². The van der Waals surface area contributed by atoms with Crippen molar-refractivity contribution in [2.45, 2.75) is 38.7 Å². The Morgan fingerprint density at radius 2 is 1.71 bits per heavy atom. The van der Waals surface area contributed by atoms with E-state index in [2.05, 4.69) is 11.0 Å². The van der Waals surface area contributed by atoms with E-state index in [1.807, 2.05) is 24.0 Å². The molecule has 0 spiro atoms. The van der Waals surface area contributed by atoms with Gasteiger partial charge in [0.2, 0.25) is 0 Å². The van der Waals surface area contributed by atoms with Crippen LogP contribution in [0.4, 0.5) is 10.1 Å². The highest BCUT2D eigenvalue weighted by Gasteiger charge is 2.27. The zero-order chi connectivity index (χ0) is 19.5. The number of fused-ring (bicyclic) bond motifs is 1. The molecule has 0 radical (unpaired) electrons. The van der Waals surface area contributed by atoms with Crippen LogP contribution in [0.25, 0.3) is 0 Å². The fraction of sp³-hybridized carbons (Fsp3) is 0.435. The SMILES string of the molecule is C[C@@H](Oc1cccc2c1CCCC2)C(=O)N1CCN(c2ccc(F)cc2)CC1. The van der Waals surface area contributed by atoms with Gasteiger partial charge in [0.1, 0.15) is 11.6 Å². The highest BCUT2D eigenvalue weighted by molar-refractivity contribution is 5.81. The number of amides is 1. The summed E-state index contributed by atoms with van der Waals surface area (Å²) in [6, 6.07) is 12.7. The van der Waals surface area contributed by atoms with Gasteiger partial charge in [-0.05, 0) is 74.1 Å². The van der Waals surface area contributed by atoms with Gasteiger partial charge in [0.15, 0.2) is 6.10 Å². The zero-order valence-corrected chi connectivity index (χ0v) is 16.4. The van der Waals surface area contributed by atoms with Crippen molar-refractivity contribution >= 4 is 11.6 Å². The average Bonchev–Trinajstić information content (AvgIpc) is 2.74. The molecule has 28 heavy (non-hydrogen) atoms. The van der Waals surface area contributed by atoms with Crippen molar-refractivity contribution in [1.82, 2.24) is 4.90 Å². The van der Waals surface area contributed by atoms with E-state index in [4.69, 9.17) is 4.74 Å². The normalized spacial score (nSPS) is 17.8. The van der Waals surface area contributed by atoms with Crippen molar-refractivity contribution in [3.63, 3.8) is 0 Å². The predicted molar refractivity (Wildman–Crippen MR) is 108 cm³/mol. The molecule has 0 bridgehead atoms. The number of rotatable bonds is 4. The Bertz CT molecular complexity index is 829. The number of aryl methyl sites for hydroxylation is 1. The molecule has 0 unspecified atom stereocenters. The first-order valence-electron chi connectivity index (χ1n) is 10.2. The lowest BCUT2D eigenvalue weighted by molar-refractivity contribution is -0.138. The van der Waals surface area contributed by atoms with Crippen molar-refractivity contribution in [3.8, 4) is 5.75 Å². The van der Waals surface area contributed by atoms with Gasteiger partial charge in [0.05, 0.1) is 0 Å². The first-order valence-corrected chi connectivity index (χ1v) is 10.2. The van der Waals surface area contributed by atoms with E-state index >= 15 is 0 Å². The van der Waals surface area contributed by atoms with Crippen LogP contribution in [0.2, 0.25) is 0 Å². The van der Waals surface area contributed by atoms with Gasteiger partial charge in [-0.1, -0.05) is 12.1 Å². The van der Waals surface area contributed by atoms with Crippen molar-refractivity contribution < 1.29 is 13.9 Å². The third-order valence-corrected chi connectivity index (χ3v) is 5.79. The second kappa shape index (κ2) is 8.21.